The van der Waals surface area contributed by atoms with Crippen molar-refractivity contribution < 1.29 is 18.7 Å². The summed E-state index contributed by atoms with van der Waals surface area (Å²) in [6, 6.07) is 1.44. The molecular weight excluding hydrogens is 244 g/mol. The zero-order valence-corrected chi connectivity index (χ0v) is 9.18. The van der Waals surface area contributed by atoms with Crippen LogP contribution < -0.4 is 0 Å². The molecule has 1 rings (SSSR count). The van der Waals surface area contributed by atoms with Gasteiger partial charge >= 0.3 is 5.97 Å². The zero-order valence-electron chi connectivity index (χ0n) is 9.18. The van der Waals surface area contributed by atoms with E-state index in [0.717, 1.165) is 6.07 Å². The lowest BCUT2D eigenvalue weighted by Gasteiger charge is -2.02. The van der Waals surface area contributed by atoms with Crippen molar-refractivity contribution in [1.29, 1.82) is 0 Å². The monoisotopic (exact) mass is 253 g/mol. The summed E-state index contributed by atoms with van der Waals surface area (Å²) in [5, 5.41) is 12.1. The van der Waals surface area contributed by atoms with Crippen molar-refractivity contribution in [2.24, 2.45) is 5.11 Å². The second kappa shape index (κ2) is 6.36. The van der Waals surface area contributed by atoms with Crippen molar-refractivity contribution in [2.75, 3.05) is 6.54 Å². The van der Waals surface area contributed by atoms with E-state index in [1.807, 2.05) is 0 Å². The van der Waals surface area contributed by atoms with Crippen molar-refractivity contribution in [1.82, 2.24) is 0 Å². The first-order valence-corrected chi connectivity index (χ1v) is 4.96. The Balaban J connectivity index is 2.96. The van der Waals surface area contributed by atoms with Crippen LogP contribution in [-0.2, 0) is 0 Å². The van der Waals surface area contributed by atoms with Gasteiger partial charge in [-0.2, -0.15) is 0 Å². The second-order valence-corrected chi connectivity index (χ2v) is 3.30. The van der Waals surface area contributed by atoms with Crippen molar-refractivity contribution in [3.63, 3.8) is 0 Å². The summed E-state index contributed by atoms with van der Waals surface area (Å²) in [6.45, 7) is 0.207. The molecule has 7 heteroatoms. The maximum Gasteiger partial charge on any atom is 0.336 e. The number of azide groups is 1. The number of rotatable bonds is 5. The van der Waals surface area contributed by atoms with Crippen molar-refractivity contribution in [2.45, 2.75) is 6.42 Å². The molecule has 0 unspecified atom stereocenters. The van der Waals surface area contributed by atoms with E-state index in [0.29, 0.717) is 12.5 Å². The molecule has 0 atom stereocenters. The summed E-state index contributed by atoms with van der Waals surface area (Å²) in [4.78, 5) is 13.4. The lowest BCUT2D eigenvalue weighted by atomic mass is 10.1. The molecular formula is C11H9F2N3O2. The zero-order chi connectivity index (χ0) is 13.5. The predicted molar refractivity (Wildman–Crippen MR) is 61.0 cm³/mol. The van der Waals surface area contributed by atoms with E-state index in [1.54, 1.807) is 0 Å². The number of hydrogen-bond acceptors (Lipinski definition) is 2. The van der Waals surface area contributed by atoms with Gasteiger partial charge in [0.1, 0.15) is 0 Å². The summed E-state index contributed by atoms with van der Waals surface area (Å²) in [7, 11) is 0. The largest absolute Gasteiger partial charge is 0.478 e. The summed E-state index contributed by atoms with van der Waals surface area (Å²) in [5.41, 5.74) is 7.76. The first-order valence-electron chi connectivity index (χ1n) is 4.96. The van der Waals surface area contributed by atoms with Gasteiger partial charge in [0.05, 0.1) is 5.56 Å². The normalized spacial score (nSPS) is 10.3. The van der Waals surface area contributed by atoms with E-state index in [1.165, 1.54) is 12.2 Å². The second-order valence-electron chi connectivity index (χ2n) is 3.30. The topological polar surface area (TPSA) is 86.1 Å². The van der Waals surface area contributed by atoms with Gasteiger partial charge in [-0.3, -0.25) is 0 Å². The summed E-state index contributed by atoms with van der Waals surface area (Å²) < 4.78 is 25.9. The molecule has 18 heavy (non-hydrogen) atoms. The van der Waals surface area contributed by atoms with E-state index >= 15 is 0 Å². The summed E-state index contributed by atoms with van der Waals surface area (Å²) in [6.07, 6.45) is 3.24. The third-order valence-corrected chi connectivity index (χ3v) is 2.08. The molecule has 0 saturated carbocycles. The molecule has 1 aromatic carbocycles. The van der Waals surface area contributed by atoms with Crippen LogP contribution in [-0.4, -0.2) is 17.6 Å². The SMILES string of the molecule is [N-]=[N+]=NCCC=Cc1cc(F)c(F)cc1C(=O)O. The minimum atomic E-state index is -1.34. The van der Waals surface area contributed by atoms with Crippen LogP contribution in [0, 0.1) is 11.6 Å². The van der Waals surface area contributed by atoms with E-state index in [9.17, 15) is 13.6 Å². The van der Waals surface area contributed by atoms with Gasteiger partial charge in [-0.25, -0.2) is 13.6 Å². The molecule has 0 fully saturated rings. The number of benzene rings is 1. The first-order chi connectivity index (χ1) is 8.56. The average Bonchev–Trinajstić information content (AvgIpc) is 2.32. The number of carboxylic acid groups (broad SMARTS) is 1. The minimum absolute atomic E-state index is 0.0577. The molecule has 5 nitrogen and oxygen atoms in total. The Bertz CT molecular complexity index is 537. The Morgan fingerprint density at radius 1 is 1.44 bits per heavy atom. The molecule has 0 saturated heterocycles. The van der Waals surface area contributed by atoms with Crippen molar-refractivity contribution in [3.05, 3.63) is 51.4 Å². The molecule has 0 aromatic heterocycles. The highest BCUT2D eigenvalue weighted by atomic mass is 19.2. The maximum absolute atomic E-state index is 13.0. The van der Waals surface area contributed by atoms with Crippen LogP contribution in [0.5, 0.6) is 0 Å². The summed E-state index contributed by atoms with van der Waals surface area (Å²) >= 11 is 0. The molecule has 1 N–H and O–H groups in total. The highest BCUT2D eigenvalue weighted by Gasteiger charge is 2.13. The molecule has 0 aliphatic heterocycles. The summed E-state index contributed by atoms with van der Waals surface area (Å²) in [5.74, 6) is -3.67. The maximum atomic E-state index is 13.0. The number of carbonyl (C=O) groups is 1. The molecule has 0 bridgehead atoms. The fraction of sp³-hybridized carbons (Fsp3) is 0.182. The Morgan fingerprint density at radius 2 is 2.11 bits per heavy atom. The Hall–Kier alpha value is -2.40. The van der Waals surface area contributed by atoms with Crippen LogP contribution in [0.3, 0.4) is 0 Å². The molecule has 0 amide bonds. The lowest BCUT2D eigenvalue weighted by Crippen LogP contribution is -2.02. The Kier molecular flexibility index (Phi) is 4.83. The van der Waals surface area contributed by atoms with Gasteiger partial charge in [0.25, 0.3) is 0 Å². The third kappa shape index (κ3) is 3.57. The molecule has 0 spiro atoms. The number of aromatic carboxylic acids is 1. The predicted octanol–water partition coefficient (Wildman–Crippen LogP) is 3.38. The van der Waals surface area contributed by atoms with Crippen LogP contribution >= 0.6 is 0 Å². The quantitative estimate of drug-likeness (QED) is 0.377. The fourth-order valence-electron chi connectivity index (χ4n) is 1.27. The van der Waals surface area contributed by atoms with Crippen LogP contribution in [0.1, 0.15) is 22.3 Å². The number of nitrogens with zero attached hydrogens (tertiary/aromatic N) is 3. The van der Waals surface area contributed by atoms with Gasteiger partial charge in [-0.05, 0) is 29.6 Å². The fourth-order valence-corrected chi connectivity index (χ4v) is 1.27. The molecule has 0 aliphatic rings. The third-order valence-electron chi connectivity index (χ3n) is 2.08. The Morgan fingerprint density at radius 3 is 2.72 bits per heavy atom. The van der Waals surface area contributed by atoms with Crippen LogP contribution in [0.4, 0.5) is 8.78 Å². The molecule has 0 aliphatic carbocycles. The van der Waals surface area contributed by atoms with E-state index in [2.05, 4.69) is 10.0 Å². The number of halogens is 2. The highest BCUT2D eigenvalue weighted by molar-refractivity contribution is 5.92. The molecule has 0 radical (unpaired) electrons. The van der Waals surface area contributed by atoms with Crippen LogP contribution in [0.25, 0.3) is 16.5 Å². The van der Waals surface area contributed by atoms with Gasteiger partial charge in [0.2, 0.25) is 0 Å². The standard InChI is InChI=1S/C11H9F2N3O2/c12-9-5-7(3-1-2-4-15-16-14)8(11(17)18)6-10(9)13/h1,3,5-6H,2,4H2,(H,17,18). The van der Waals surface area contributed by atoms with Gasteiger partial charge in [0, 0.05) is 11.5 Å². The van der Waals surface area contributed by atoms with Crippen LogP contribution in [0.2, 0.25) is 0 Å². The smallest absolute Gasteiger partial charge is 0.336 e. The van der Waals surface area contributed by atoms with E-state index in [4.69, 9.17) is 10.6 Å². The molecule has 1 aromatic rings. The van der Waals surface area contributed by atoms with Crippen molar-refractivity contribution in [3.8, 4) is 0 Å². The van der Waals surface area contributed by atoms with Crippen LogP contribution in [0.15, 0.2) is 23.3 Å². The highest BCUT2D eigenvalue weighted by Crippen LogP contribution is 2.17. The average molecular weight is 253 g/mol. The van der Waals surface area contributed by atoms with Gasteiger partial charge in [0.15, 0.2) is 11.6 Å². The van der Waals surface area contributed by atoms with Gasteiger partial charge < -0.3 is 5.11 Å². The van der Waals surface area contributed by atoms with Gasteiger partial charge in [-0.15, -0.1) is 0 Å². The minimum Gasteiger partial charge on any atom is -0.478 e. The number of hydrogen-bond donors (Lipinski definition) is 1. The first kappa shape index (κ1) is 13.7. The van der Waals surface area contributed by atoms with Crippen molar-refractivity contribution >= 4 is 12.0 Å². The molecule has 94 valence electrons. The van der Waals surface area contributed by atoms with E-state index < -0.39 is 17.6 Å². The Labute approximate surface area is 101 Å². The lowest BCUT2D eigenvalue weighted by molar-refractivity contribution is 0.0696. The van der Waals surface area contributed by atoms with E-state index in [-0.39, 0.29) is 17.7 Å². The molecule has 0 heterocycles. The number of carboxylic acids is 1. The van der Waals surface area contributed by atoms with Gasteiger partial charge in [-0.1, -0.05) is 17.3 Å².